The Morgan fingerprint density at radius 1 is 1.30 bits per heavy atom. The molecule has 0 bridgehead atoms. The second kappa shape index (κ2) is 9.54. The molecule has 0 aromatic rings. The van der Waals surface area contributed by atoms with Gasteiger partial charge in [0.1, 0.15) is 11.3 Å². The Morgan fingerprint density at radius 2 is 2.00 bits per heavy atom. The fraction of sp³-hybridized carbons (Fsp3) is 0.478. The molecule has 0 amide bonds. The summed E-state index contributed by atoms with van der Waals surface area (Å²) in [6, 6.07) is 0. The van der Waals surface area contributed by atoms with Gasteiger partial charge in [-0.15, -0.1) is 0 Å². The molecule has 1 fully saturated rings. The maximum absolute atomic E-state index is 6.14. The van der Waals surface area contributed by atoms with Crippen molar-refractivity contribution in [2.75, 3.05) is 0 Å². The summed E-state index contributed by atoms with van der Waals surface area (Å²) >= 11 is 0. The first-order valence-corrected chi connectivity index (χ1v) is 9.84. The number of nitrogens with zero attached hydrogens (tertiary/aromatic N) is 2. The van der Waals surface area contributed by atoms with Crippen LogP contribution in [0.1, 0.15) is 59.8 Å². The van der Waals surface area contributed by atoms with Crippen LogP contribution in [-0.2, 0) is 4.74 Å². The molecule has 0 unspecified atom stereocenters. The maximum atomic E-state index is 6.14. The van der Waals surface area contributed by atoms with E-state index in [1.54, 1.807) is 6.92 Å². The zero-order valence-electron chi connectivity index (χ0n) is 17.2. The molecule has 2 N–H and O–H groups in total. The Morgan fingerprint density at radius 3 is 2.59 bits per heavy atom. The minimum Gasteiger partial charge on any atom is -0.464 e. The van der Waals surface area contributed by atoms with Crippen molar-refractivity contribution in [2.45, 2.75) is 65.4 Å². The summed E-state index contributed by atoms with van der Waals surface area (Å²) in [5, 5.41) is 0. The van der Waals surface area contributed by atoms with Gasteiger partial charge in [0, 0.05) is 11.9 Å². The third kappa shape index (κ3) is 5.56. The topological polar surface area (TPSA) is 60.0 Å². The highest BCUT2D eigenvalue weighted by Gasteiger charge is 2.36. The molecule has 1 heterocycles. The Hall–Kier alpha value is -2.36. The van der Waals surface area contributed by atoms with Gasteiger partial charge in [-0.2, -0.15) is 0 Å². The summed E-state index contributed by atoms with van der Waals surface area (Å²) in [6.45, 7) is 11.5. The lowest BCUT2D eigenvalue weighted by atomic mass is 9.88. The van der Waals surface area contributed by atoms with Crippen molar-refractivity contribution in [3.8, 4) is 0 Å². The van der Waals surface area contributed by atoms with E-state index >= 15 is 0 Å². The predicted octanol–water partition coefficient (Wildman–Crippen LogP) is 5.61. The summed E-state index contributed by atoms with van der Waals surface area (Å²) in [5.74, 6) is 1.10. The first-order valence-electron chi connectivity index (χ1n) is 9.84. The SMILES string of the molecule is C=CN=C1OC(C)(C)C(C(/C=C\C)=C/C=C/C2CCCCC2)=N/C1=C(/C)N. The van der Waals surface area contributed by atoms with Crippen molar-refractivity contribution >= 4 is 11.6 Å². The van der Waals surface area contributed by atoms with Crippen LogP contribution in [0.4, 0.5) is 0 Å². The predicted molar refractivity (Wildman–Crippen MR) is 116 cm³/mol. The molecule has 0 aromatic heterocycles. The van der Waals surface area contributed by atoms with Gasteiger partial charge in [-0.1, -0.05) is 56.2 Å². The van der Waals surface area contributed by atoms with E-state index in [1.807, 2.05) is 26.8 Å². The number of allylic oxidation sites excluding steroid dienone is 6. The van der Waals surface area contributed by atoms with Crippen LogP contribution >= 0.6 is 0 Å². The van der Waals surface area contributed by atoms with E-state index in [1.165, 1.54) is 38.3 Å². The van der Waals surface area contributed by atoms with E-state index in [2.05, 4.69) is 35.9 Å². The average Bonchev–Trinajstić information content (AvgIpc) is 2.61. The van der Waals surface area contributed by atoms with E-state index in [-0.39, 0.29) is 0 Å². The van der Waals surface area contributed by atoms with Crippen LogP contribution in [0.25, 0.3) is 0 Å². The van der Waals surface area contributed by atoms with E-state index in [9.17, 15) is 0 Å². The van der Waals surface area contributed by atoms with Gasteiger partial charge in [0.2, 0.25) is 5.90 Å². The number of hydrogen-bond donors (Lipinski definition) is 1. The summed E-state index contributed by atoms with van der Waals surface area (Å²) < 4.78 is 6.14. The fourth-order valence-corrected chi connectivity index (χ4v) is 3.51. The average molecular weight is 368 g/mol. The van der Waals surface area contributed by atoms with Crippen LogP contribution in [0.2, 0.25) is 0 Å². The minimum atomic E-state index is -0.620. The van der Waals surface area contributed by atoms with Crippen LogP contribution in [0.15, 0.2) is 70.1 Å². The molecule has 4 nitrogen and oxygen atoms in total. The van der Waals surface area contributed by atoms with Crippen molar-refractivity contribution in [1.29, 1.82) is 0 Å². The maximum Gasteiger partial charge on any atom is 0.242 e. The van der Waals surface area contributed by atoms with Crippen LogP contribution in [0.3, 0.4) is 0 Å². The second-order valence-electron chi connectivity index (χ2n) is 7.63. The Bertz CT molecular complexity index is 723. The summed E-state index contributed by atoms with van der Waals surface area (Å²) in [6.07, 6.45) is 18.8. The third-order valence-corrected chi connectivity index (χ3v) is 4.86. The van der Waals surface area contributed by atoms with E-state index < -0.39 is 5.60 Å². The van der Waals surface area contributed by atoms with Gasteiger partial charge >= 0.3 is 0 Å². The zero-order valence-corrected chi connectivity index (χ0v) is 17.2. The first-order chi connectivity index (χ1) is 12.9. The summed E-state index contributed by atoms with van der Waals surface area (Å²) in [4.78, 5) is 9.04. The highest BCUT2D eigenvalue weighted by Crippen LogP contribution is 2.29. The van der Waals surface area contributed by atoms with Gasteiger partial charge in [-0.05, 0) is 52.0 Å². The second-order valence-corrected chi connectivity index (χ2v) is 7.63. The molecule has 0 saturated heterocycles. The van der Waals surface area contributed by atoms with Gasteiger partial charge < -0.3 is 10.5 Å². The van der Waals surface area contributed by atoms with Crippen molar-refractivity contribution in [3.63, 3.8) is 0 Å². The molecule has 2 rings (SSSR count). The van der Waals surface area contributed by atoms with Crippen LogP contribution in [0, 0.1) is 5.92 Å². The van der Waals surface area contributed by atoms with Gasteiger partial charge in [-0.25, -0.2) is 9.98 Å². The van der Waals surface area contributed by atoms with E-state index in [0.29, 0.717) is 23.2 Å². The van der Waals surface area contributed by atoms with Crippen LogP contribution in [-0.4, -0.2) is 17.2 Å². The summed E-state index contributed by atoms with van der Waals surface area (Å²) in [5.41, 5.74) is 8.42. The molecule has 27 heavy (non-hydrogen) atoms. The molecule has 0 atom stereocenters. The number of aliphatic imine (C=N–C) groups is 2. The van der Waals surface area contributed by atoms with Gasteiger partial charge in [0.05, 0.1) is 5.71 Å². The smallest absolute Gasteiger partial charge is 0.242 e. The first kappa shape index (κ1) is 20.9. The van der Waals surface area contributed by atoms with E-state index in [0.717, 1.165) is 11.3 Å². The van der Waals surface area contributed by atoms with Crippen molar-refractivity contribution in [2.24, 2.45) is 21.6 Å². The normalized spacial score (nSPS) is 25.0. The summed E-state index contributed by atoms with van der Waals surface area (Å²) in [7, 11) is 0. The van der Waals surface area contributed by atoms with Crippen molar-refractivity contribution < 1.29 is 4.74 Å². The Balaban J connectivity index is 2.41. The largest absolute Gasteiger partial charge is 0.464 e. The van der Waals surface area contributed by atoms with E-state index in [4.69, 9.17) is 15.5 Å². The quantitative estimate of drug-likeness (QED) is 0.642. The molecule has 4 heteroatoms. The van der Waals surface area contributed by atoms with Gasteiger partial charge in [0.25, 0.3) is 0 Å². The van der Waals surface area contributed by atoms with Gasteiger partial charge in [-0.3, -0.25) is 0 Å². The third-order valence-electron chi connectivity index (χ3n) is 4.86. The monoisotopic (exact) mass is 367 g/mol. The standard InChI is InChI=1S/C23H33N3O/c1-6-12-19(16-11-15-18-13-9-8-10-14-18)21-23(4,5)27-22(25-7-2)20(26-21)17(3)24/h6-7,11-12,15-16,18H,2,8-10,13-14,24H2,1,3-5H3/b12-6-,15-11+,19-16+,20-17-,25-22?. The minimum absolute atomic E-state index is 0.413. The molecule has 1 aliphatic heterocycles. The molecular weight excluding hydrogens is 334 g/mol. The molecule has 1 saturated carbocycles. The molecule has 0 aromatic carbocycles. The molecule has 0 spiro atoms. The van der Waals surface area contributed by atoms with Gasteiger partial charge in [0.15, 0.2) is 0 Å². The Kier molecular flexibility index (Phi) is 7.40. The number of hydrogen-bond acceptors (Lipinski definition) is 4. The fourth-order valence-electron chi connectivity index (χ4n) is 3.51. The number of ether oxygens (including phenoxy) is 1. The number of nitrogens with two attached hydrogens (primary N) is 1. The van der Waals surface area contributed by atoms with Crippen molar-refractivity contribution in [1.82, 2.24) is 0 Å². The highest BCUT2D eigenvalue weighted by molar-refractivity contribution is 6.14. The molecule has 2 aliphatic rings. The molecular formula is C23H33N3O. The lowest BCUT2D eigenvalue weighted by Gasteiger charge is -2.33. The molecule has 0 radical (unpaired) electrons. The number of rotatable bonds is 5. The lowest BCUT2D eigenvalue weighted by molar-refractivity contribution is 0.164. The van der Waals surface area contributed by atoms with Crippen molar-refractivity contribution in [3.05, 3.63) is 60.1 Å². The lowest BCUT2D eigenvalue weighted by Crippen LogP contribution is -2.42. The molecule has 1 aliphatic carbocycles. The highest BCUT2D eigenvalue weighted by atomic mass is 16.5. The Labute approximate surface area is 164 Å². The van der Waals surface area contributed by atoms with Crippen LogP contribution < -0.4 is 5.73 Å². The molecule has 146 valence electrons. The van der Waals surface area contributed by atoms with Crippen LogP contribution in [0.5, 0.6) is 0 Å². The zero-order chi connectivity index (χ0) is 19.9.